The molecule has 2 aliphatic rings. The Hall–Kier alpha value is -1.11. The maximum atomic E-state index is 5.83. The van der Waals surface area contributed by atoms with Gasteiger partial charge in [-0.05, 0) is 84.5 Å². The third kappa shape index (κ3) is 5.20. The molecule has 0 amide bonds. The molecular formula is C22H28O4Si4. The van der Waals surface area contributed by atoms with Gasteiger partial charge in [0.05, 0.1) is 0 Å². The fraction of sp³-hybridized carbons (Fsp3) is 0.364. The molecule has 8 heteroatoms. The summed E-state index contributed by atoms with van der Waals surface area (Å²) < 4.78 is 22.0. The van der Waals surface area contributed by atoms with Crippen molar-refractivity contribution in [3.63, 3.8) is 0 Å². The second-order valence-electron chi connectivity index (χ2n) is 8.67. The average molecular weight is 469 g/mol. The molecule has 156 valence electrons. The largest absolute Gasteiger partial charge is 0.416 e. The van der Waals surface area contributed by atoms with E-state index in [2.05, 4.69) is 48.5 Å². The minimum atomic E-state index is -1.98. The molecular weight excluding hydrogens is 441 g/mol. The Balaban J connectivity index is 0.000000159. The summed E-state index contributed by atoms with van der Waals surface area (Å²) in [6.45, 7) is 8.04. The molecule has 0 N–H and O–H groups in total. The van der Waals surface area contributed by atoms with Gasteiger partial charge in [-0.15, -0.1) is 0 Å². The Morgan fingerprint density at radius 1 is 0.700 bits per heavy atom. The number of hydrogen-bond acceptors (Lipinski definition) is 4. The molecule has 1 aliphatic carbocycles. The van der Waals surface area contributed by atoms with Crippen molar-refractivity contribution in [1.29, 1.82) is 0 Å². The first-order valence-corrected chi connectivity index (χ1v) is 17.8. The summed E-state index contributed by atoms with van der Waals surface area (Å²) >= 11 is 0. The lowest BCUT2D eigenvalue weighted by atomic mass is 9.86. The van der Waals surface area contributed by atoms with Gasteiger partial charge in [0.15, 0.2) is 0 Å². The number of aryl methyl sites for hydroxylation is 2. The van der Waals surface area contributed by atoms with Gasteiger partial charge >= 0.3 is 37.1 Å². The minimum absolute atomic E-state index is 0.0640. The van der Waals surface area contributed by atoms with Gasteiger partial charge < -0.3 is 16.5 Å². The highest BCUT2D eigenvalue weighted by Gasteiger charge is 2.38. The number of hydrogen-bond donors (Lipinski definition) is 0. The second kappa shape index (κ2) is 9.17. The molecule has 5 rings (SSSR count). The SMILES string of the molecule is C[Si]1(C)O[Si]O[Si]O[Si](C)(C)O1.c1ccc2c(c1)ccc1c3c(ccc12)CCCC3. The summed E-state index contributed by atoms with van der Waals surface area (Å²) in [5.74, 6) is 0. The first-order valence-electron chi connectivity index (χ1n) is 10.5. The van der Waals surface area contributed by atoms with E-state index in [1.807, 2.05) is 26.2 Å². The number of rotatable bonds is 0. The fourth-order valence-electron chi connectivity index (χ4n) is 4.24. The molecule has 3 aromatic carbocycles. The summed E-state index contributed by atoms with van der Waals surface area (Å²) in [6.07, 6.45) is 5.22. The molecule has 4 nitrogen and oxygen atoms in total. The van der Waals surface area contributed by atoms with Gasteiger partial charge in [-0.3, -0.25) is 0 Å². The van der Waals surface area contributed by atoms with Gasteiger partial charge in [0.25, 0.3) is 0 Å². The van der Waals surface area contributed by atoms with Crippen LogP contribution in [0.1, 0.15) is 24.0 Å². The van der Waals surface area contributed by atoms with Crippen molar-refractivity contribution in [3.05, 3.63) is 59.7 Å². The highest BCUT2D eigenvalue weighted by atomic mass is 28.5. The highest BCUT2D eigenvalue weighted by Crippen LogP contribution is 2.33. The van der Waals surface area contributed by atoms with E-state index < -0.39 is 17.1 Å². The Bertz CT molecular complexity index is 1020. The minimum Gasteiger partial charge on any atom is -0.416 e. The first kappa shape index (κ1) is 22.1. The molecule has 0 spiro atoms. The molecule has 1 fully saturated rings. The predicted octanol–water partition coefficient (Wildman–Crippen LogP) is 5.41. The number of benzene rings is 3. The predicted molar refractivity (Wildman–Crippen MR) is 129 cm³/mol. The zero-order chi connectivity index (χ0) is 21.2. The van der Waals surface area contributed by atoms with Gasteiger partial charge in [0.2, 0.25) is 0 Å². The van der Waals surface area contributed by atoms with E-state index in [0.29, 0.717) is 0 Å². The molecule has 30 heavy (non-hydrogen) atoms. The molecule has 1 saturated heterocycles. The average Bonchev–Trinajstić information content (AvgIpc) is 2.71. The van der Waals surface area contributed by atoms with Crippen molar-refractivity contribution < 1.29 is 16.5 Å². The van der Waals surface area contributed by atoms with Crippen LogP contribution in [-0.2, 0) is 29.3 Å². The summed E-state index contributed by atoms with van der Waals surface area (Å²) in [5, 5.41) is 5.64. The van der Waals surface area contributed by atoms with E-state index >= 15 is 0 Å². The second-order valence-corrected chi connectivity index (χ2v) is 17.9. The van der Waals surface area contributed by atoms with E-state index in [1.54, 1.807) is 11.1 Å². The van der Waals surface area contributed by atoms with Crippen molar-refractivity contribution in [1.82, 2.24) is 0 Å². The van der Waals surface area contributed by atoms with Crippen LogP contribution < -0.4 is 0 Å². The molecule has 0 unspecified atom stereocenters. The summed E-state index contributed by atoms with van der Waals surface area (Å²) in [5.41, 5.74) is 3.17. The molecule has 4 radical (unpaired) electrons. The lowest BCUT2D eigenvalue weighted by Gasteiger charge is -2.34. The maximum absolute atomic E-state index is 5.83. The van der Waals surface area contributed by atoms with Crippen LogP contribution in [0.2, 0.25) is 26.2 Å². The molecule has 0 atom stereocenters. The Morgan fingerprint density at radius 3 is 2.13 bits per heavy atom. The Labute approximate surface area is 186 Å². The van der Waals surface area contributed by atoms with E-state index in [0.717, 1.165) is 0 Å². The summed E-state index contributed by atoms with van der Waals surface area (Å²) in [4.78, 5) is 0. The fourth-order valence-corrected chi connectivity index (χ4v) is 12.9. The highest BCUT2D eigenvalue weighted by molar-refractivity contribution is 6.82. The van der Waals surface area contributed by atoms with Gasteiger partial charge in [0.1, 0.15) is 0 Å². The molecule has 0 aromatic heterocycles. The Morgan fingerprint density at radius 2 is 1.37 bits per heavy atom. The lowest BCUT2D eigenvalue weighted by molar-refractivity contribution is 0.286. The quantitative estimate of drug-likeness (QED) is 0.326. The molecule has 0 bridgehead atoms. The van der Waals surface area contributed by atoms with Crippen LogP contribution in [0.4, 0.5) is 0 Å². The van der Waals surface area contributed by atoms with Gasteiger partial charge in [-0.25, -0.2) is 0 Å². The Kier molecular flexibility index (Phi) is 6.75. The normalized spacial score (nSPS) is 20.5. The maximum Gasteiger partial charge on any atom is 0.412 e. The van der Waals surface area contributed by atoms with E-state index in [9.17, 15) is 0 Å². The van der Waals surface area contributed by atoms with Crippen LogP contribution in [0.25, 0.3) is 21.5 Å². The van der Waals surface area contributed by atoms with Crippen LogP contribution in [-0.4, -0.2) is 37.1 Å². The smallest absolute Gasteiger partial charge is 0.412 e. The van der Waals surface area contributed by atoms with Gasteiger partial charge in [0, 0.05) is 0 Å². The van der Waals surface area contributed by atoms with E-state index in [4.69, 9.17) is 16.5 Å². The van der Waals surface area contributed by atoms with Crippen LogP contribution in [0.5, 0.6) is 0 Å². The van der Waals surface area contributed by atoms with Crippen molar-refractivity contribution in [3.8, 4) is 0 Å². The topological polar surface area (TPSA) is 36.9 Å². The van der Waals surface area contributed by atoms with Crippen LogP contribution in [0, 0.1) is 0 Å². The monoisotopic (exact) mass is 468 g/mol. The zero-order valence-electron chi connectivity index (χ0n) is 18.1. The van der Waals surface area contributed by atoms with Crippen LogP contribution in [0.15, 0.2) is 48.5 Å². The molecule has 0 saturated carbocycles. The third-order valence-corrected chi connectivity index (χ3v) is 14.6. The molecule has 1 aliphatic heterocycles. The molecule has 3 aromatic rings. The van der Waals surface area contributed by atoms with Crippen molar-refractivity contribution in [2.75, 3.05) is 0 Å². The lowest BCUT2D eigenvalue weighted by Crippen LogP contribution is -2.52. The zero-order valence-corrected chi connectivity index (χ0v) is 22.1. The van der Waals surface area contributed by atoms with Crippen molar-refractivity contribution in [2.45, 2.75) is 51.9 Å². The van der Waals surface area contributed by atoms with E-state index in [1.165, 1.54) is 47.2 Å². The van der Waals surface area contributed by atoms with Crippen molar-refractivity contribution in [2.24, 2.45) is 0 Å². The summed E-state index contributed by atoms with van der Waals surface area (Å²) in [7, 11) is -3.83. The van der Waals surface area contributed by atoms with Gasteiger partial charge in [-0.1, -0.05) is 48.5 Å². The van der Waals surface area contributed by atoms with Gasteiger partial charge in [-0.2, -0.15) is 0 Å². The van der Waals surface area contributed by atoms with Crippen LogP contribution in [0.3, 0.4) is 0 Å². The summed E-state index contributed by atoms with van der Waals surface area (Å²) in [6, 6.07) is 18.0. The van der Waals surface area contributed by atoms with E-state index in [-0.39, 0.29) is 20.0 Å². The molecule has 1 heterocycles. The van der Waals surface area contributed by atoms with Crippen molar-refractivity contribution >= 4 is 58.7 Å². The van der Waals surface area contributed by atoms with Crippen LogP contribution >= 0.6 is 0 Å². The number of fused-ring (bicyclic) bond motifs is 5. The standard InChI is InChI=1S/C18H16.C4H12O4Si4/c1-3-7-15-13(5-1)9-11-18-16-8-4-2-6-14(16)10-12-17(15)18;1-11(2)6-9-5-10-7-12(3,4)8-11/h1,3,5,7,9-12H,2,4,6,8H2;1-4H3. The third-order valence-electron chi connectivity index (χ3n) is 5.41. The first-order chi connectivity index (χ1) is 14.3.